The number of ether oxygens (including phenoxy) is 1. The molecular weight excluding hydrogens is 394 g/mol. The molecule has 1 aromatic heterocycles. The van der Waals surface area contributed by atoms with Crippen LogP contribution in [0.25, 0.3) is 21.0 Å². The first-order valence-electron chi connectivity index (χ1n) is 10.1. The first-order valence-corrected chi connectivity index (χ1v) is 10.9. The number of amides is 1. The van der Waals surface area contributed by atoms with Crippen LogP contribution in [0.2, 0.25) is 0 Å². The third-order valence-electron chi connectivity index (χ3n) is 5.67. The third-order valence-corrected chi connectivity index (χ3v) is 6.75. The van der Waals surface area contributed by atoms with E-state index in [0.717, 1.165) is 34.5 Å². The van der Waals surface area contributed by atoms with E-state index in [2.05, 4.69) is 30.0 Å². The minimum atomic E-state index is 0.0252. The van der Waals surface area contributed by atoms with Crippen molar-refractivity contribution in [1.29, 1.82) is 0 Å². The maximum atomic E-state index is 13.3. The van der Waals surface area contributed by atoms with Crippen molar-refractivity contribution in [2.75, 3.05) is 38.2 Å². The van der Waals surface area contributed by atoms with Gasteiger partial charge in [-0.25, -0.2) is 4.98 Å². The molecule has 0 N–H and O–H groups in total. The molecule has 30 heavy (non-hydrogen) atoms. The lowest BCUT2D eigenvalue weighted by molar-refractivity contribution is 0.0743. The lowest BCUT2D eigenvalue weighted by Crippen LogP contribution is -2.48. The van der Waals surface area contributed by atoms with E-state index in [1.54, 1.807) is 18.4 Å². The predicted molar refractivity (Wildman–Crippen MR) is 123 cm³/mol. The van der Waals surface area contributed by atoms with Gasteiger partial charge in [0.1, 0.15) is 5.75 Å². The van der Waals surface area contributed by atoms with Crippen LogP contribution >= 0.6 is 11.3 Å². The van der Waals surface area contributed by atoms with E-state index < -0.39 is 0 Å². The predicted octanol–water partition coefficient (Wildman–Crippen LogP) is 4.73. The molecule has 5 rings (SSSR count). The summed E-state index contributed by atoms with van der Waals surface area (Å²) in [5, 5.41) is 3.15. The van der Waals surface area contributed by atoms with Gasteiger partial charge in [-0.15, -0.1) is 0 Å². The molecule has 152 valence electrons. The molecule has 0 radical (unpaired) electrons. The van der Waals surface area contributed by atoms with Gasteiger partial charge in [0.25, 0.3) is 5.91 Å². The van der Waals surface area contributed by atoms with E-state index in [1.807, 2.05) is 41.3 Å². The van der Waals surface area contributed by atoms with Gasteiger partial charge in [0.2, 0.25) is 0 Å². The second-order valence-corrected chi connectivity index (χ2v) is 8.66. The Morgan fingerprint density at radius 2 is 1.73 bits per heavy atom. The monoisotopic (exact) mass is 417 g/mol. The summed E-state index contributed by atoms with van der Waals surface area (Å²) < 4.78 is 6.75. The summed E-state index contributed by atoms with van der Waals surface area (Å²) in [7, 11) is 1.62. The van der Waals surface area contributed by atoms with Crippen molar-refractivity contribution in [3.8, 4) is 5.75 Å². The van der Waals surface area contributed by atoms with Gasteiger partial charge < -0.3 is 14.5 Å². The Morgan fingerprint density at radius 1 is 1.00 bits per heavy atom. The lowest BCUT2D eigenvalue weighted by atomic mass is 10.0. The van der Waals surface area contributed by atoms with E-state index in [9.17, 15) is 4.79 Å². The summed E-state index contributed by atoms with van der Waals surface area (Å²) >= 11 is 1.72. The zero-order valence-electron chi connectivity index (χ0n) is 17.1. The number of piperazine rings is 1. The Bertz CT molecular complexity index is 1240. The van der Waals surface area contributed by atoms with Crippen molar-refractivity contribution in [2.45, 2.75) is 6.92 Å². The average molecular weight is 418 g/mol. The number of methoxy groups -OCH3 is 1. The Kier molecular flexibility index (Phi) is 4.79. The van der Waals surface area contributed by atoms with E-state index in [4.69, 9.17) is 9.72 Å². The molecule has 1 saturated heterocycles. The number of aryl methyl sites for hydroxylation is 1. The molecule has 0 unspecified atom stereocenters. The van der Waals surface area contributed by atoms with Crippen LogP contribution in [0.5, 0.6) is 5.75 Å². The quantitative estimate of drug-likeness (QED) is 0.484. The third kappa shape index (κ3) is 3.37. The molecule has 0 atom stereocenters. The van der Waals surface area contributed by atoms with Crippen molar-refractivity contribution in [3.05, 3.63) is 65.7 Å². The van der Waals surface area contributed by atoms with E-state index in [0.29, 0.717) is 24.4 Å². The second kappa shape index (κ2) is 7.61. The molecule has 2 heterocycles. The number of carbonyl (C=O) groups excluding carboxylic acids is 1. The minimum Gasteiger partial charge on any atom is -0.496 e. The molecule has 0 aliphatic carbocycles. The molecule has 0 spiro atoms. The molecular formula is C24H23N3O2S. The highest BCUT2D eigenvalue weighted by molar-refractivity contribution is 7.22. The second-order valence-electron chi connectivity index (χ2n) is 7.65. The number of thiazole rings is 1. The number of fused-ring (bicyclic) bond motifs is 2. The van der Waals surface area contributed by atoms with Gasteiger partial charge in [0.15, 0.2) is 5.13 Å². The Hall–Kier alpha value is -3.12. The Labute approximate surface area is 179 Å². The molecule has 0 saturated carbocycles. The van der Waals surface area contributed by atoms with Crippen LogP contribution in [0.1, 0.15) is 15.9 Å². The van der Waals surface area contributed by atoms with E-state index in [1.165, 1.54) is 10.3 Å². The molecule has 1 aliphatic heterocycles. The summed E-state index contributed by atoms with van der Waals surface area (Å²) in [5.74, 6) is 0.653. The molecule has 1 fully saturated rings. The van der Waals surface area contributed by atoms with Crippen molar-refractivity contribution in [1.82, 2.24) is 9.88 Å². The van der Waals surface area contributed by atoms with Gasteiger partial charge in [0.05, 0.1) is 22.9 Å². The number of aromatic nitrogens is 1. The van der Waals surface area contributed by atoms with Gasteiger partial charge in [-0.1, -0.05) is 41.7 Å². The van der Waals surface area contributed by atoms with Crippen LogP contribution in [-0.4, -0.2) is 49.1 Å². The number of nitrogens with zero attached hydrogens (tertiary/aromatic N) is 3. The average Bonchev–Trinajstić information content (AvgIpc) is 3.21. The number of anilines is 1. The van der Waals surface area contributed by atoms with E-state index in [-0.39, 0.29) is 5.91 Å². The Balaban J connectivity index is 1.34. The summed E-state index contributed by atoms with van der Waals surface area (Å²) in [5.41, 5.74) is 2.91. The zero-order chi connectivity index (χ0) is 20.7. The van der Waals surface area contributed by atoms with Crippen LogP contribution < -0.4 is 9.64 Å². The molecule has 4 aromatic rings. The first kappa shape index (κ1) is 18.9. The summed E-state index contributed by atoms with van der Waals surface area (Å²) in [4.78, 5) is 22.2. The number of carbonyl (C=O) groups is 1. The van der Waals surface area contributed by atoms with Gasteiger partial charge in [0, 0.05) is 26.2 Å². The fourth-order valence-electron chi connectivity index (χ4n) is 3.98. The van der Waals surface area contributed by atoms with Gasteiger partial charge in [-0.05, 0) is 47.5 Å². The van der Waals surface area contributed by atoms with Crippen LogP contribution in [0.3, 0.4) is 0 Å². The number of hydrogen-bond donors (Lipinski definition) is 0. The fraction of sp³-hybridized carbons (Fsp3) is 0.250. The highest BCUT2D eigenvalue weighted by atomic mass is 32.1. The Morgan fingerprint density at radius 3 is 2.47 bits per heavy atom. The molecule has 6 heteroatoms. The van der Waals surface area contributed by atoms with Crippen molar-refractivity contribution < 1.29 is 9.53 Å². The SMILES string of the molecule is COc1cc2ccccc2cc1C(=O)N1CCN(c2nc3ccc(C)cc3s2)CC1. The highest BCUT2D eigenvalue weighted by Crippen LogP contribution is 2.31. The standard InChI is InChI=1S/C24H23N3O2S/c1-16-7-8-20-22(13-16)30-24(25-20)27-11-9-26(10-12-27)23(28)19-14-17-5-3-4-6-18(17)15-21(19)29-2/h3-8,13-15H,9-12H2,1-2H3. The largest absolute Gasteiger partial charge is 0.496 e. The number of hydrogen-bond acceptors (Lipinski definition) is 5. The summed E-state index contributed by atoms with van der Waals surface area (Å²) in [6.45, 7) is 5.00. The molecule has 1 amide bonds. The maximum absolute atomic E-state index is 13.3. The summed E-state index contributed by atoms with van der Waals surface area (Å²) in [6.07, 6.45) is 0. The van der Waals surface area contributed by atoms with Gasteiger partial charge in [-0.2, -0.15) is 0 Å². The maximum Gasteiger partial charge on any atom is 0.257 e. The highest BCUT2D eigenvalue weighted by Gasteiger charge is 2.26. The molecule has 5 nitrogen and oxygen atoms in total. The van der Waals surface area contributed by atoms with Crippen LogP contribution in [0.4, 0.5) is 5.13 Å². The first-order chi connectivity index (χ1) is 14.6. The van der Waals surface area contributed by atoms with Gasteiger partial charge in [-0.3, -0.25) is 4.79 Å². The molecule has 0 bridgehead atoms. The minimum absolute atomic E-state index is 0.0252. The van der Waals surface area contributed by atoms with Gasteiger partial charge >= 0.3 is 0 Å². The van der Waals surface area contributed by atoms with Crippen LogP contribution in [0.15, 0.2) is 54.6 Å². The van der Waals surface area contributed by atoms with Crippen molar-refractivity contribution >= 4 is 43.4 Å². The molecule has 3 aromatic carbocycles. The number of rotatable bonds is 3. The summed E-state index contributed by atoms with van der Waals surface area (Å²) in [6, 6.07) is 18.3. The van der Waals surface area contributed by atoms with E-state index >= 15 is 0 Å². The van der Waals surface area contributed by atoms with Crippen molar-refractivity contribution in [3.63, 3.8) is 0 Å². The fourth-order valence-corrected chi connectivity index (χ4v) is 5.10. The normalized spacial score (nSPS) is 14.5. The van der Waals surface area contributed by atoms with Crippen LogP contribution in [-0.2, 0) is 0 Å². The smallest absolute Gasteiger partial charge is 0.257 e. The number of benzene rings is 3. The lowest BCUT2D eigenvalue weighted by Gasteiger charge is -2.34. The zero-order valence-corrected chi connectivity index (χ0v) is 17.9. The van der Waals surface area contributed by atoms with Crippen LogP contribution in [0, 0.1) is 6.92 Å². The topological polar surface area (TPSA) is 45.7 Å². The van der Waals surface area contributed by atoms with Crippen molar-refractivity contribution in [2.24, 2.45) is 0 Å². The molecule has 1 aliphatic rings.